The van der Waals surface area contributed by atoms with Crippen LogP contribution in [0.3, 0.4) is 0 Å². The minimum absolute atomic E-state index is 0. The van der Waals surface area contributed by atoms with E-state index in [1.807, 2.05) is 0 Å². The van der Waals surface area contributed by atoms with E-state index in [2.05, 4.69) is 0 Å². The Hall–Kier alpha value is 0.190. The van der Waals surface area contributed by atoms with Crippen molar-refractivity contribution in [3.8, 4) is 0 Å². The lowest BCUT2D eigenvalue weighted by Gasteiger charge is -1.71. The maximum absolute atomic E-state index is 7.75. The van der Waals surface area contributed by atoms with Crippen molar-refractivity contribution in [2.45, 2.75) is 0 Å². The fourth-order valence-corrected chi connectivity index (χ4v) is 0. The topological polar surface area (TPSA) is 92.5 Å². The highest BCUT2D eigenvalue weighted by atomic mass is 32.1. The zero-order valence-corrected chi connectivity index (χ0v) is 6.38. The van der Waals surface area contributed by atoms with Crippen molar-refractivity contribution in [3.05, 3.63) is 0 Å². The summed E-state index contributed by atoms with van der Waals surface area (Å²) in [6, 6.07) is 0. The zero-order chi connectivity index (χ0) is 6.83. The summed E-state index contributed by atoms with van der Waals surface area (Å²) < 4.78 is 0. The summed E-state index contributed by atoms with van der Waals surface area (Å²) in [5.41, 5.74) is 9.56. The van der Waals surface area contributed by atoms with Crippen LogP contribution in [0.1, 0.15) is 0 Å². The van der Waals surface area contributed by atoms with Gasteiger partial charge in [-0.1, -0.05) is 0 Å². The van der Waals surface area contributed by atoms with E-state index in [-0.39, 0.29) is 26.7 Å². The van der Waals surface area contributed by atoms with Gasteiger partial charge in [-0.15, -0.1) is 0 Å². The summed E-state index contributed by atoms with van der Waals surface area (Å²) in [7, 11) is 0. The summed E-state index contributed by atoms with van der Waals surface area (Å²) in [4.78, 5) is 0. The Morgan fingerprint density at radius 3 is 1.00 bits per heavy atom. The molecule has 0 unspecified atom stereocenters. The molecule has 0 radical (unpaired) electrons. The van der Waals surface area contributed by atoms with Crippen LogP contribution in [-0.4, -0.2) is 36.5 Å². The quantitative estimate of drug-likeness (QED) is 0.371. The number of nitrogens with two attached hydrogens (primary N) is 2. The van der Waals surface area contributed by atoms with Gasteiger partial charge in [-0.25, -0.2) is 0 Å². The first-order valence-electron chi connectivity index (χ1n) is 2.45. The van der Waals surface area contributed by atoms with Crippen LogP contribution in [0, 0.1) is 0 Å². The molecule has 5 heteroatoms. The fourth-order valence-electron chi connectivity index (χ4n) is 0. The molecular weight excluding hydrogens is 140 g/mol. The first kappa shape index (κ1) is 16.1. The van der Waals surface area contributed by atoms with Crippen LogP contribution in [0.2, 0.25) is 0 Å². The van der Waals surface area contributed by atoms with Crippen molar-refractivity contribution < 1.29 is 10.2 Å². The van der Waals surface area contributed by atoms with Gasteiger partial charge in [0.25, 0.3) is 0 Å². The smallest absolute Gasteiger partial charge is 0.0553 e. The summed E-state index contributed by atoms with van der Waals surface area (Å²) in [5.74, 6) is 0. The maximum Gasteiger partial charge on any atom is 0.0553 e. The van der Waals surface area contributed by atoms with Gasteiger partial charge in [0.1, 0.15) is 0 Å². The molecule has 0 amide bonds. The van der Waals surface area contributed by atoms with Crippen LogP contribution >= 0.6 is 13.5 Å². The van der Waals surface area contributed by atoms with E-state index >= 15 is 0 Å². The van der Waals surface area contributed by atoms with E-state index in [1.165, 1.54) is 0 Å². The van der Waals surface area contributed by atoms with Crippen LogP contribution in [0.15, 0.2) is 0 Å². The van der Waals surface area contributed by atoms with Gasteiger partial charge in [0, 0.05) is 13.1 Å². The third-order valence-corrected chi connectivity index (χ3v) is 0.258. The van der Waals surface area contributed by atoms with Gasteiger partial charge < -0.3 is 21.7 Å². The highest BCUT2D eigenvalue weighted by molar-refractivity contribution is 7.59. The predicted octanol–water partition coefficient (Wildman–Crippen LogP) is -2.01. The molecular formula is C4H16N2O2S. The standard InChI is InChI=1S/2C2H7NO.H2S/c2*3-1-2-4;/h2*4H,1-3H2;1H2. The van der Waals surface area contributed by atoms with Crippen molar-refractivity contribution in [1.82, 2.24) is 0 Å². The molecule has 0 bridgehead atoms. The monoisotopic (exact) mass is 156 g/mol. The summed E-state index contributed by atoms with van der Waals surface area (Å²) in [5, 5.41) is 15.5. The molecule has 0 aliphatic heterocycles. The SMILES string of the molecule is NCCO.NCCO.S. The normalized spacial score (nSPS) is 6.67. The van der Waals surface area contributed by atoms with Gasteiger partial charge in [0.2, 0.25) is 0 Å². The van der Waals surface area contributed by atoms with Gasteiger partial charge in [-0.3, -0.25) is 0 Å². The summed E-state index contributed by atoms with van der Waals surface area (Å²) in [6.07, 6.45) is 0. The molecule has 9 heavy (non-hydrogen) atoms. The molecule has 0 aliphatic carbocycles. The number of aliphatic hydroxyl groups excluding tert-OH is 2. The molecule has 0 heterocycles. The largest absolute Gasteiger partial charge is 0.395 e. The van der Waals surface area contributed by atoms with Gasteiger partial charge in [-0.05, 0) is 0 Å². The Kier molecular flexibility index (Phi) is 43.1. The molecule has 60 valence electrons. The van der Waals surface area contributed by atoms with Crippen molar-refractivity contribution >= 4 is 13.5 Å². The Morgan fingerprint density at radius 1 is 0.889 bits per heavy atom. The molecule has 6 N–H and O–H groups in total. The van der Waals surface area contributed by atoms with E-state index < -0.39 is 0 Å². The minimum Gasteiger partial charge on any atom is -0.395 e. The van der Waals surface area contributed by atoms with E-state index in [9.17, 15) is 0 Å². The van der Waals surface area contributed by atoms with E-state index in [0.717, 1.165) is 0 Å². The number of hydrogen-bond donors (Lipinski definition) is 4. The molecule has 0 rings (SSSR count). The highest BCUT2D eigenvalue weighted by Crippen LogP contribution is 1.33. The van der Waals surface area contributed by atoms with Crippen LogP contribution in [-0.2, 0) is 0 Å². The molecule has 0 aromatic carbocycles. The van der Waals surface area contributed by atoms with Gasteiger partial charge in [-0.2, -0.15) is 13.5 Å². The molecule has 0 fully saturated rings. The van der Waals surface area contributed by atoms with Crippen LogP contribution < -0.4 is 11.5 Å². The lowest BCUT2D eigenvalue weighted by Crippen LogP contribution is -2.02. The van der Waals surface area contributed by atoms with Gasteiger partial charge >= 0.3 is 0 Å². The van der Waals surface area contributed by atoms with Crippen LogP contribution in [0.25, 0.3) is 0 Å². The summed E-state index contributed by atoms with van der Waals surface area (Å²) in [6.45, 7) is 0.944. The van der Waals surface area contributed by atoms with E-state index in [1.54, 1.807) is 0 Å². The maximum atomic E-state index is 7.75. The van der Waals surface area contributed by atoms with E-state index in [4.69, 9.17) is 21.7 Å². The Labute approximate surface area is 62.3 Å². The van der Waals surface area contributed by atoms with Gasteiger partial charge in [0.15, 0.2) is 0 Å². The fraction of sp³-hybridized carbons (Fsp3) is 1.00. The first-order valence-corrected chi connectivity index (χ1v) is 2.45. The third kappa shape index (κ3) is 65.4. The Balaban J connectivity index is -0.0000000720. The van der Waals surface area contributed by atoms with Crippen molar-refractivity contribution in [1.29, 1.82) is 0 Å². The average molecular weight is 156 g/mol. The molecule has 0 saturated carbocycles. The van der Waals surface area contributed by atoms with Crippen molar-refractivity contribution in [3.63, 3.8) is 0 Å². The minimum atomic E-state index is 0. The highest BCUT2D eigenvalue weighted by Gasteiger charge is 1.56. The Bertz CT molecular complexity index is 24.5. The van der Waals surface area contributed by atoms with Crippen LogP contribution in [0.4, 0.5) is 0 Å². The molecule has 0 atom stereocenters. The number of rotatable bonds is 2. The molecule has 0 aromatic rings. The second kappa shape index (κ2) is 24.1. The summed E-state index contributed by atoms with van der Waals surface area (Å²) >= 11 is 0. The average Bonchev–Trinajstić information content (AvgIpc) is 1.88. The van der Waals surface area contributed by atoms with Crippen molar-refractivity contribution in [2.24, 2.45) is 11.5 Å². The van der Waals surface area contributed by atoms with Crippen LogP contribution in [0.5, 0.6) is 0 Å². The molecule has 0 saturated heterocycles. The first-order chi connectivity index (χ1) is 3.83. The molecule has 0 spiro atoms. The van der Waals surface area contributed by atoms with Gasteiger partial charge in [0.05, 0.1) is 13.2 Å². The lowest BCUT2D eigenvalue weighted by atomic mass is 10.8. The number of hydrogen-bond acceptors (Lipinski definition) is 4. The molecule has 0 aromatic heterocycles. The zero-order valence-electron chi connectivity index (χ0n) is 5.38. The molecule has 0 aliphatic rings. The predicted molar refractivity (Wildman–Crippen MR) is 42.7 cm³/mol. The number of aliphatic hydroxyl groups is 2. The van der Waals surface area contributed by atoms with E-state index in [0.29, 0.717) is 13.1 Å². The second-order valence-corrected chi connectivity index (χ2v) is 1.02. The van der Waals surface area contributed by atoms with Crippen molar-refractivity contribution in [2.75, 3.05) is 26.3 Å². The second-order valence-electron chi connectivity index (χ2n) is 1.02. The molecule has 4 nitrogen and oxygen atoms in total. The third-order valence-electron chi connectivity index (χ3n) is 0.258. The Morgan fingerprint density at radius 2 is 1.00 bits per heavy atom. The lowest BCUT2D eigenvalue weighted by molar-refractivity contribution is 0.306.